The van der Waals surface area contributed by atoms with Gasteiger partial charge in [0.05, 0.1) is 0 Å². The van der Waals surface area contributed by atoms with Crippen LogP contribution in [0, 0.1) is 0 Å². The Morgan fingerprint density at radius 1 is 1.09 bits per heavy atom. The molecule has 1 N–H and O–H groups in total. The number of carbonyl (C=O) groups excluding carboxylic acids is 2. The summed E-state index contributed by atoms with van der Waals surface area (Å²) in [4.78, 5) is 23.4. The van der Waals surface area contributed by atoms with Crippen molar-refractivity contribution in [3.8, 4) is 5.75 Å². The summed E-state index contributed by atoms with van der Waals surface area (Å²) in [5.74, 6) is 1.22. The molecule has 4 nitrogen and oxygen atoms in total. The first-order valence-electron chi connectivity index (χ1n) is 6.90. The van der Waals surface area contributed by atoms with Crippen LogP contribution < -0.4 is 10.1 Å². The molecule has 0 saturated carbocycles. The van der Waals surface area contributed by atoms with Gasteiger partial charge in [0.15, 0.2) is 6.61 Å². The van der Waals surface area contributed by atoms with Gasteiger partial charge in [-0.2, -0.15) is 0 Å². The van der Waals surface area contributed by atoms with Gasteiger partial charge >= 0.3 is 0 Å². The highest BCUT2D eigenvalue weighted by atomic mass is 32.2. The Morgan fingerprint density at radius 3 is 2.50 bits per heavy atom. The second-order valence-electron chi connectivity index (χ2n) is 4.49. The quantitative estimate of drug-likeness (QED) is 0.462. The van der Waals surface area contributed by atoms with Crippen LogP contribution in [-0.4, -0.2) is 31.1 Å². The first kappa shape index (κ1) is 16.1. The highest BCUT2D eigenvalue weighted by Crippen LogP contribution is 2.15. The van der Waals surface area contributed by atoms with Gasteiger partial charge in [-0.3, -0.25) is 9.59 Å². The molecule has 1 amide bonds. The van der Waals surface area contributed by atoms with Crippen LogP contribution in [0.2, 0.25) is 0 Å². The second kappa shape index (κ2) is 8.89. The highest BCUT2D eigenvalue weighted by Gasteiger charge is 2.02. The van der Waals surface area contributed by atoms with Crippen molar-refractivity contribution in [1.82, 2.24) is 5.32 Å². The van der Waals surface area contributed by atoms with E-state index in [0.29, 0.717) is 17.9 Å². The average molecular weight is 315 g/mol. The Bertz CT molecular complexity index is 599. The normalized spacial score (nSPS) is 10.0. The molecule has 5 heteroatoms. The number of nitrogens with one attached hydrogen (secondary N) is 1. The number of hydrogen-bond donors (Lipinski definition) is 1. The molecule has 0 fully saturated rings. The van der Waals surface area contributed by atoms with E-state index >= 15 is 0 Å². The van der Waals surface area contributed by atoms with E-state index in [2.05, 4.69) is 5.32 Å². The molecule has 2 aromatic carbocycles. The van der Waals surface area contributed by atoms with E-state index in [9.17, 15) is 9.59 Å². The fraction of sp³-hybridized carbons (Fsp3) is 0.176. The predicted molar refractivity (Wildman–Crippen MR) is 87.5 cm³/mol. The van der Waals surface area contributed by atoms with E-state index < -0.39 is 0 Å². The summed E-state index contributed by atoms with van der Waals surface area (Å²) in [6, 6.07) is 16.7. The standard InChI is InChI=1S/C17H17NO3S/c19-12-14-6-8-15(9-7-14)21-13-17(20)18-10-11-22-16-4-2-1-3-5-16/h1-9,12H,10-11,13H2,(H,18,20). The molecule has 0 bridgehead atoms. The van der Waals surface area contributed by atoms with E-state index in [4.69, 9.17) is 4.74 Å². The number of hydrogen-bond acceptors (Lipinski definition) is 4. The Labute approximate surface area is 133 Å². The third kappa shape index (κ3) is 5.61. The SMILES string of the molecule is O=Cc1ccc(OCC(=O)NCCSc2ccccc2)cc1. The van der Waals surface area contributed by atoms with Crippen LogP contribution in [0.15, 0.2) is 59.5 Å². The Hall–Kier alpha value is -2.27. The fourth-order valence-corrected chi connectivity index (χ4v) is 2.51. The summed E-state index contributed by atoms with van der Waals surface area (Å²) >= 11 is 1.69. The lowest BCUT2D eigenvalue weighted by molar-refractivity contribution is -0.122. The van der Waals surface area contributed by atoms with Crippen molar-refractivity contribution in [1.29, 1.82) is 0 Å². The zero-order valence-corrected chi connectivity index (χ0v) is 12.8. The van der Waals surface area contributed by atoms with Crippen LogP contribution in [-0.2, 0) is 4.79 Å². The molecule has 0 atom stereocenters. The van der Waals surface area contributed by atoms with Crippen molar-refractivity contribution in [2.45, 2.75) is 4.90 Å². The van der Waals surface area contributed by atoms with E-state index in [1.165, 1.54) is 4.90 Å². The number of thioether (sulfide) groups is 1. The van der Waals surface area contributed by atoms with E-state index in [1.807, 2.05) is 30.3 Å². The minimum atomic E-state index is -0.159. The van der Waals surface area contributed by atoms with Crippen LogP contribution >= 0.6 is 11.8 Å². The molecular weight excluding hydrogens is 298 g/mol. The van der Waals surface area contributed by atoms with Crippen molar-refractivity contribution < 1.29 is 14.3 Å². The number of benzene rings is 2. The van der Waals surface area contributed by atoms with E-state index in [-0.39, 0.29) is 12.5 Å². The molecule has 0 aromatic heterocycles. The van der Waals surface area contributed by atoms with Crippen LogP contribution in [0.4, 0.5) is 0 Å². The van der Waals surface area contributed by atoms with Crippen LogP contribution in [0.3, 0.4) is 0 Å². The molecule has 0 heterocycles. The predicted octanol–water partition coefficient (Wildman–Crippen LogP) is 2.79. The summed E-state index contributed by atoms with van der Waals surface area (Å²) < 4.78 is 5.35. The number of amides is 1. The molecule has 0 unspecified atom stereocenters. The van der Waals surface area contributed by atoms with Gasteiger partial charge in [0, 0.05) is 22.8 Å². The maximum Gasteiger partial charge on any atom is 0.257 e. The van der Waals surface area contributed by atoms with Crippen molar-refractivity contribution in [2.24, 2.45) is 0 Å². The zero-order chi connectivity index (χ0) is 15.6. The van der Waals surface area contributed by atoms with Gasteiger partial charge in [-0.15, -0.1) is 11.8 Å². The third-order valence-corrected chi connectivity index (χ3v) is 3.84. The summed E-state index contributed by atoms with van der Waals surface area (Å²) in [6.45, 7) is 0.558. The maximum absolute atomic E-state index is 11.6. The Morgan fingerprint density at radius 2 is 1.82 bits per heavy atom. The number of ether oxygens (including phenoxy) is 1. The Kier molecular flexibility index (Phi) is 6.51. The summed E-state index contributed by atoms with van der Waals surface area (Å²) in [5.41, 5.74) is 0.578. The largest absolute Gasteiger partial charge is 0.484 e. The highest BCUT2D eigenvalue weighted by molar-refractivity contribution is 7.99. The molecule has 0 radical (unpaired) electrons. The lowest BCUT2D eigenvalue weighted by Crippen LogP contribution is -2.30. The topological polar surface area (TPSA) is 55.4 Å². The molecule has 2 rings (SSSR count). The monoisotopic (exact) mass is 315 g/mol. The number of aldehydes is 1. The summed E-state index contributed by atoms with van der Waals surface area (Å²) in [7, 11) is 0. The lowest BCUT2D eigenvalue weighted by Gasteiger charge is -2.07. The van der Waals surface area contributed by atoms with Crippen molar-refractivity contribution in [3.63, 3.8) is 0 Å². The molecular formula is C17H17NO3S. The third-order valence-electron chi connectivity index (χ3n) is 2.82. The molecule has 0 saturated heterocycles. The van der Waals surface area contributed by atoms with Gasteiger partial charge in [0.2, 0.25) is 0 Å². The van der Waals surface area contributed by atoms with Crippen LogP contribution in [0.1, 0.15) is 10.4 Å². The maximum atomic E-state index is 11.6. The molecule has 0 spiro atoms. The number of rotatable bonds is 8. The van der Waals surface area contributed by atoms with Gasteiger partial charge in [0.25, 0.3) is 5.91 Å². The van der Waals surface area contributed by atoms with Crippen LogP contribution in [0.5, 0.6) is 5.75 Å². The lowest BCUT2D eigenvalue weighted by atomic mass is 10.2. The van der Waals surface area contributed by atoms with Crippen LogP contribution in [0.25, 0.3) is 0 Å². The first-order chi connectivity index (χ1) is 10.8. The van der Waals surface area contributed by atoms with Crippen molar-refractivity contribution >= 4 is 24.0 Å². The second-order valence-corrected chi connectivity index (χ2v) is 5.66. The molecule has 0 aliphatic heterocycles. The summed E-state index contributed by atoms with van der Waals surface area (Å²) in [5, 5.41) is 2.80. The van der Waals surface area contributed by atoms with E-state index in [1.54, 1.807) is 36.0 Å². The minimum absolute atomic E-state index is 0.0313. The Balaban J connectivity index is 1.62. The number of carbonyl (C=O) groups is 2. The van der Waals surface area contributed by atoms with Crippen molar-refractivity contribution in [3.05, 3.63) is 60.2 Å². The molecule has 22 heavy (non-hydrogen) atoms. The smallest absolute Gasteiger partial charge is 0.257 e. The molecule has 0 aliphatic rings. The molecule has 114 valence electrons. The first-order valence-corrected chi connectivity index (χ1v) is 7.89. The molecule has 2 aromatic rings. The van der Waals surface area contributed by atoms with Gasteiger partial charge < -0.3 is 10.1 Å². The van der Waals surface area contributed by atoms with Crippen molar-refractivity contribution in [2.75, 3.05) is 18.9 Å². The van der Waals surface area contributed by atoms with Gasteiger partial charge in [-0.05, 0) is 36.4 Å². The average Bonchev–Trinajstić information content (AvgIpc) is 2.58. The van der Waals surface area contributed by atoms with E-state index in [0.717, 1.165) is 12.0 Å². The molecule has 0 aliphatic carbocycles. The zero-order valence-electron chi connectivity index (χ0n) is 12.0. The summed E-state index contributed by atoms with van der Waals surface area (Å²) in [6.07, 6.45) is 0.765. The van der Waals surface area contributed by atoms with Gasteiger partial charge in [0.1, 0.15) is 12.0 Å². The van der Waals surface area contributed by atoms with Gasteiger partial charge in [-0.25, -0.2) is 0 Å². The van der Waals surface area contributed by atoms with Gasteiger partial charge in [-0.1, -0.05) is 18.2 Å². The minimum Gasteiger partial charge on any atom is -0.484 e. The fourth-order valence-electron chi connectivity index (χ4n) is 1.72.